The van der Waals surface area contributed by atoms with Crippen LogP contribution in [0.25, 0.3) is 6.08 Å². The monoisotopic (exact) mass is 247 g/mol. The Kier molecular flexibility index (Phi) is 7.19. The second-order valence-corrected chi connectivity index (χ2v) is 4.41. The summed E-state index contributed by atoms with van der Waals surface area (Å²) < 4.78 is 5.72. The molecular formula is C16H25NO. The van der Waals surface area contributed by atoms with Crippen molar-refractivity contribution >= 4 is 6.08 Å². The first-order valence-electron chi connectivity index (χ1n) is 6.87. The molecule has 0 saturated heterocycles. The summed E-state index contributed by atoms with van der Waals surface area (Å²) in [4.78, 5) is 2.46. The lowest BCUT2D eigenvalue weighted by Gasteiger charge is -2.19. The quantitative estimate of drug-likeness (QED) is 0.615. The maximum absolute atomic E-state index is 5.72. The SMILES string of the molecule is C=Cc1ccc(OCCCN(CC)CCC)cc1. The molecule has 18 heavy (non-hydrogen) atoms. The molecule has 0 bridgehead atoms. The standard InChI is InChI=1S/C16H25NO/c1-4-12-17(6-3)13-7-14-18-16-10-8-15(5-2)9-11-16/h5,8-11H,2,4,6-7,12-14H2,1,3H3. The molecule has 0 heterocycles. The number of benzene rings is 1. The Morgan fingerprint density at radius 1 is 1.17 bits per heavy atom. The summed E-state index contributed by atoms with van der Waals surface area (Å²) >= 11 is 0. The van der Waals surface area contributed by atoms with Gasteiger partial charge in [-0.25, -0.2) is 0 Å². The summed E-state index contributed by atoms with van der Waals surface area (Å²) in [6, 6.07) is 8.05. The summed E-state index contributed by atoms with van der Waals surface area (Å²) in [5.41, 5.74) is 1.13. The van der Waals surface area contributed by atoms with E-state index >= 15 is 0 Å². The van der Waals surface area contributed by atoms with Crippen molar-refractivity contribution in [2.75, 3.05) is 26.2 Å². The van der Waals surface area contributed by atoms with Gasteiger partial charge in [0.05, 0.1) is 6.61 Å². The molecule has 0 aliphatic heterocycles. The minimum atomic E-state index is 0.785. The van der Waals surface area contributed by atoms with Crippen LogP contribution in [0.1, 0.15) is 32.3 Å². The van der Waals surface area contributed by atoms with Gasteiger partial charge in [0.25, 0.3) is 0 Å². The van der Waals surface area contributed by atoms with Gasteiger partial charge in [-0.2, -0.15) is 0 Å². The van der Waals surface area contributed by atoms with Crippen LogP contribution in [0.3, 0.4) is 0 Å². The van der Waals surface area contributed by atoms with Gasteiger partial charge in [0.1, 0.15) is 5.75 Å². The molecule has 2 nitrogen and oxygen atoms in total. The van der Waals surface area contributed by atoms with E-state index in [1.807, 2.05) is 30.3 Å². The normalized spacial score (nSPS) is 10.6. The Hall–Kier alpha value is -1.28. The molecule has 0 aliphatic carbocycles. The van der Waals surface area contributed by atoms with Crippen molar-refractivity contribution in [3.05, 3.63) is 36.4 Å². The Morgan fingerprint density at radius 2 is 1.89 bits per heavy atom. The average Bonchev–Trinajstić information content (AvgIpc) is 2.43. The minimum Gasteiger partial charge on any atom is -0.494 e. The van der Waals surface area contributed by atoms with Gasteiger partial charge in [0.15, 0.2) is 0 Å². The third kappa shape index (κ3) is 5.37. The van der Waals surface area contributed by atoms with Gasteiger partial charge in [-0.3, -0.25) is 0 Å². The van der Waals surface area contributed by atoms with Gasteiger partial charge >= 0.3 is 0 Å². The van der Waals surface area contributed by atoms with E-state index in [-0.39, 0.29) is 0 Å². The van der Waals surface area contributed by atoms with Crippen LogP contribution in [-0.4, -0.2) is 31.1 Å². The van der Waals surface area contributed by atoms with Crippen molar-refractivity contribution in [2.24, 2.45) is 0 Å². The zero-order chi connectivity index (χ0) is 13.2. The molecule has 0 aliphatic rings. The maximum Gasteiger partial charge on any atom is 0.119 e. The summed E-state index contributed by atoms with van der Waals surface area (Å²) in [5, 5.41) is 0. The van der Waals surface area contributed by atoms with Crippen molar-refractivity contribution in [3.8, 4) is 5.75 Å². The summed E-state index contributed by atoms with van der Waals surface area (Å²) in [5.74, 6) is 0.944. The van der Waals surface area contributed by atoms with Crippen LogP contribution in [0, 0.1) is 0 Å². The molecule has 0 unspecified atom stereocenters. The van der Waals surface area contributed by atoms with Crippen molar-refractivity contribution in [3.63, 3.8) is 0 Å². The number of ether oxygens (including phenoxy) is 1. The van der Waals surface area contributed by atoms with E-state index in [0.717, 1.165) is 37.4 Å². The van der Waals surface area contributed by atoms with Crippen LogP contribution >= 0.6 is 0 Å². The lowest BCUT2D eigenvalue weighted by molar-refractivity contribution is 0.242. The molecule has 0 radical (unpaired) electrons. The van der Waals surface area contributed by atoms with E-state index in [1.165, 1.54) is 13.0 Å². The fourth-order valence-electron chi connectivity index (χ4n) is 1.92. The zero-order valence-corrected chi connectivity index (χ0v) is 11.7. The fourth-order valence-corrected chi connectivity index (χ4v) is 1.92. The molecule has 0 N–H and O–H groups in total. The third-order valence-corrected chi connectivity index (χ3v) is 2.99. The number of hydrogen-bond acceptors (Lipinski definition) is 2. The minimum absolute atomic E-state index is 0.785. The highest BCUT2D eigenvalue weighted by atomic mass is 16.5. The van der Waals surface area contributed by atoms with E-state index in [1.54, 1.807) is 0 Å². The third-order valence-electron chi connectivity index (χ3n) is 2.99. The first-order chi connectivity index (χ1) is 8.80. The van der Waals surface area contributed by atoms with Crippen LogP contribution in [-0.2, 0) is 0 Å². The predicted octanol–water partition coefficient (Wildman–Crippen LogP) is 3.83. The summed E-state index contributed by atoms with van der Waals surface area (Å²) in [6.45, 7) is 12.4. The second-order valence-electron chi connectivity index (χ2n) is 4.41. The molecule has 100 valence electrons. The van der Waals surface area contributed by atoms with Crippen molar-refractivity contribution in [1.29, 1.82) is 0 Å². The van der Waals surface area contributed by atoms with Gasteiger partial charge in [-0.15, -0.1) is 0 Å². The van der Waals surface area contributed by atoms with Gasteiger partial charge in [-0.05, 0) is 43.6 Å². The first kappa shape index (κ1) is 14.8. The Morgan fingerprint density at radius 3 is 2.44 bits per heavy atom. The van der Waals surface area contributed by atoms with Gasteiger partial charge < -0.3 is 9.64 Å². The van der Waals surface area contributed by atoms with E-state index in [9.17, 15) is 0 Å². The molecule has 0 atom stereocenters. The maximum atomic E-state index is 5.72. The highest BCUT2D eigenvalue weighted by Gasteiger charge is 2.00. The van der Waals surface area contributed by atoms with Crippen molar-refractivity contribution < 1.29 is 4.74 Å². The summed E-state index contributed by atoms with van der Waals surface area (Å²) in [7, 11) is 0. The molecule has 0 fully saturated rings. The molecule has 1 aromatic rings. The van der Waals surface area contributed by atoms with Gasteiger partial charge in [0, 0.05) is 6.54 Å². The smallest absolute Gasteiger partial charge is 0.119 e. The van der Waals surface area contributed by atoms with Crippen LogP contribution in [0.4, 0.5) is 0 Å². The number of rotatable bonds is 9. The number of hydrogen-bond donors (Lipinski definition) is 0. The second kappa shape index (κ2) is 8.76. The van der Waals surface area contributed by atoms with Crippen LogP contribution < -0.4 is 4.74 Å². The fraction of sp³-hybridized carbons (Fsp3) is 0.500. The van der Waals surface area contributed by atoms with Crippen LogP contribution in [0.5, 0.6) is 5.75 Å². The Labute approximate surface area is 111 Å². The molecule has 0 saturated carbocycles. The molecule has 1 aromatic carbocycles. The van der Waals surface area contributed by atoms with E-state index < -0.39 is 0 Å². The molecule has 0 amide bonds. The Balaban J connectivity index is 2.22. The van der Waals surface area contributed by atoms with Crippen LogP contribution in [0.15, 0.2) is 30.8 Å². The average molecular weight is 247 g/mol. The first-order valence-corrected chi connectivity index (χ1v) is 6.87. The van der Waals surface area contributed by atoms with E-state index in [0.29, 0.717) is 0 Å². The van der Waals surface area contributed by atoms with E-state index in [4.69, 9.17) is 4.74 Å². The lowest BCUT2D eigenvalue weighted by Crippen LogP contribution is -2.26. The van der Waals surface area contributed by atoms with Crippen molar-refractivity contribution in [2.45, 2.75) is 26.7 Å². The van der Waals surface area contributed by atoms with Crippen molar-refractivity contribution in [1.82, 2.24) is 4.90 Å². The molecular weight excluding hydrogens is 222 g/mol. The topological polar surface area (TPSA) is 12.5 Å². The zero-order valence-electron chi connectivity index (χ0n) is 11.7. The van der Waals surface area contributed by atoms with Gasteiger partial charge in [-0.1, -0.05) is 38.6 Å². The van der Waals surface area contributed by atoms with Gasteiger partial charge in [0.2, 0.25) is 0 Å². The number of nitrogens with zero attached hydrogens (tertiary/aromatic N) is 1. The largest absolute Gasteiger partial charge is 0.494 e. The lowest BCUT2D eigenvalue weighted by atomic mass is 10.2. The highest BCUT2D eigenvalue weighted by molar-refractivity contribution is 5.48. The molecule has 0 spiro atoms. The molecule has 2 heteroatoms. The van der Waals surface area contributed by atoms with E-state index in [2.05, 4.69) is 25.3 Å². The van der Waals surface area contributed by atoms with Crippen LogP contribution in [0.2, 0.25) is 0 Å². The predicted molar refractivity (Wildman–Crippen MR) is 79.1 cm³/mol. The summed E-state index contributed by atoms with van der Waals surface area (Å²) in [6.07, 6.45) is 4.14. The molecule has 1 rings (SSSR count). The highest BCUT2D eigenvalue weighted by Crippen LogP contribution is 2.12. The Bertz CT molecular complexity index is 331. The molecule has 0 aromatic heterocycles.